The smallest absolute Gasteiger partial charge is 0.244 e. The lowest BCUT2D eigenvalue weighted by Crippen LogP contribution is -2.53. The first-order chi connectivity index (χ1) is 19.0. The van der Waals surface area contributed by atoms with Crippen molar-refractivity contribution in [2.24, 2.45) is 0 Å². The summed E-state index contributed by atoms with van der Waals surface area (Å²) in [5, 5.41) is 2.98. The van der Waals surface area contributed by atoms with Gasteiger partial charge in [-0.1, -0.05) is 56.3 Å². The number of benzene rings is 3. The molecule has 3 aromatic carbocycles. The van der Waals surface area contributed by atoms with Crippen LogP contribution in [0, 0.1) is 6.92 Å². The van der Waals surface area contributed by atoms with Crippen LogP contribution in [0.2, 0.25) is 0 Å². The van der Waals surface area contributed by atoms with E-state index in [9.17, 15) is 18.0 Å². The Bertz CT molecular complexity index is 1380. The van der Waals surface area contributed by atoms with Crippen LogP contribution < -0.4 is 14.4 Å². The summed E-state index contributed by atoms with van der Waals surface area (Å²) in [4.78, 5) is 28.6. The van der Waals surface area contributed by atoms with E-state index < -0.39 is 28.5 Å². The van der Waals surface area contributed by atoms with Crippen molar-refractivity contribution in [3.63, 3.8) is 0 Å². The number of nitrogens with one attached hydrogen (secondary N) is 1. The van der Waals surface area contributed by atoms with E-state index in [1.165, 1.54) is 4.90 Å². The zero-order valence-electron chi connectivity index (χ0n) is 23.8. The third kappa shape index (κ3) is 8.32. The molecule has 0 aliphatic carbocycles. The largest absolute Gasteiger partial charge is 0.457 e. The molecule has 0 saturated heterocycles. The predicted octanol–water partition coefficient (Wildman–Crippen LogP) is 5.28. The Labute approximate surface area is 238 Å². The quantitative estimate of drug-likeness (QED) is 0.304. The average Bonchev–Trinajstić information content (AvgIpc) is 2.93. The molecule has 0 aliphatic rings. The standard InChI is InChI=1S/C31H39N3O5S/c1-6-24(4)32-31(36)29(7-2)33(21-25-14-12-11-13-23(25)3)30(35)22-34(40(5,37)38)26-17-19-28(20-18-26)39-27-15-9-8-10-16-27/h8-20,24,29H,6-7,21-22H2,1-5H3,(H,32,36)/t24-,29+/m0/s1. The van der Waals surface area contributed by atoms with Gasteiger partial charge in [-0.3, -0.25) is 13.9 Å². The van der Waals surface area contributed by atoms with Gasteiger partial charge in [0.05, 0.1) is 11.9 Å². The van der Waals surface area contributed by atoms with Crippen LogP contribution in [-0.2, 0) is 26.2 Å². The van der Waals surface area contributed by atoms with Crippen molar-refractivity contribution in [2.45, 2.75) is 59.2 Å². The fourth-order valence-corrected chi connectivity index (χ4v) is 5.10. The molecule has 0 aromatic heterocycles. The molecule has 214 valence electrons. The van der Waals surface area contributed by atoms with Crippen LogP contribution in [0.1, 0.15) is 44.7 Å². The highest BCUT2D eigenvalue weighted by atomic mass is 32.2. The SMILES string of the molecule is CC[C@H](C(=O)N[C@@H](C)CC)N(Cc1ccccc1C)C(=O)CN(c1ccc(Oc2ccccc2)cc1)S(C)(=O)=O. The topological polar surface area (TPSA) is 96.0 Å². The summed E-state index contributed by atoms with van der Waals surface area (Å²) in [6.07, 6.45) is 2.19. The average molecular weight is 566 g/mol. The molecule has 0 bridgehead atoms. The Balaban J connectivity index is 1.90. The number of anilines is 1. The van der Waals surface area contributed by atoms with Gasteiger partial charge in [0.2, 0.25) is 21.8 Å². The molecule has 0 unspecified atom stereocenters. The van der Waals surface area contributed by atoms with Gasteiger partial charge in [0, 0.05) is 12.6 Å². The van der Waals surface area contributed by atoms with Gasteiger partial charge >= 0.3 is 0 Å². The summed E-state index contributed by atoms with van der Waals surface area (Å²) in [6, 6.07) is 22.6. The summed E-state index contributed by atoms with van der Waals surface area (Å²) in [5.74, 6) is 0.457. The fraction of sp³-hybridized carbons (Fsp3) is 0.355. The lowest BCUT2D eigenvalue weighted by atomic mass is 10.1. The number of ether oxygens (including phenoxy) is 1. The van der Waals surface area contributed by atoms with Crippen molar-refractivity contribution in [3.8, 4) is 11.5 Å². The highest BCUT2D eigenvalue weighted by molar-refractivity contribution is 7.92. The second kappa shape index (κ2) is 14.0. The van der Waals surface area contributed by atoms with Crippen molar-refractivity contribution >= 4 is 27.5 Å². The maximum Gasteiger partial charge on any atom is 0.244 e. The van der Waals surface area contributed by atoms with Gasteiger partial charge in [-0.25, -0.2) is 8.42 Å². The van der Waals surface area contributed by atoms with Crippen LogP contribution in [0.4, 0.5) is 5.69 Å². The first kappa shape index (κ1) is 30.7. The molecular formula is C31H39N3O5S. The van der Waals surface area contributed by atoms with Crippen molar-refractivity contribution in [1.82, 2.24) is 10.2 Å². The molecule has 0 radical (unpaired) electrons. The van der Waals surface area contributed by atoms with Gasteiger partial charge in [-0.05, 0) is 74.2 Å². The molecule has 0 saturated carbocycles. The Morgan fingerprint density at radius 1 is 0.875 bits per heavy atom. The predicted molar refractivity (Wildman–Crippen MR) is 159 cm³/mol. The number of rotatable bonds is 13. The molecule has 0 aliphatic heterocycles. The van der Waals surface area contributed by atoms with Crippen LogP contribution in [0.5, 0.6) is 11.5 Å². The van der Waals surface area contributed by atoms with Gasteiger partial charge < -0.3 is 15.0 Å². The number of nitrogens with zero attached hydrogens (tertiary/aromatic N) is 2. The minimum Gasteiger partial charge on any atom is -0.457 e. The van der Waals surface area contributed by atoms with Crippen molar-refractivity contribution in [2.75, 3.05) is 17.1 Å². The fourth-order valence-electron chi connectivity index (χ4n) is 4.25. The highest BCUT2D eigenvalue weighted by Gasteiger charge is 2.32. The molecule has 9 heteroatoms. The second-order valence-electron chi connectivity index (χ2n) is 9.87. The van der Waals surface area contributed by atoms with E-state index in [2.05, 4.69) is 5.32 Å². The van der Waals surface area contributed by atoms with E-state index in [1.807, 2.05) is 82.3 Å². The van der Waals surface area contributed by atoms with Crippen molar-refractivity contribution in [3.05, 3.63) is 90.0 Å². The maximum absolute atomic E-state index is 13.9. The third-order valence-corrected chi connectivity index (χ3v) is 7.91. The number of amides is 2. The van der Waals surface area contributed by atoms with Crippen molar-refractivity contribution in [1.29, 1.82) is 0 Å². The lowest BCUT2D eigenvalue weighted by Gasteiger charge is -2.33. The molecule has 0 heterocycles. The van der Waals surface area contributed by atoms with E-state index >= 15 is 0 Å². The Morgan fingerprint density at radius 2 is 1.48 bits per heavy atom. The van der Waals surface area contributed by atoms with Crippen LogP contribution in [0.15, 0.2) is 78.9 Å². The number of aryl methyl sites for hydroxylation is 1. The summed E-state index contributed by atoms with van der Waals surface area (Å²) in [6.45, 7) is 7.41. The number of hydrogen-bond acceptors (Lipinski definition) is 5. The molecule has 1 N–H and O–H groups in total. The van der Waals surface area contributed by atoms with Gasteiger partial charge in [-0.2, -0.15) is 0 Å². The number of carbonyl (C=O) groups excluding carboxylic acids is 2. The van der Waals surface area contributed by atoms with Crippen LogP contribution in [-0.4, -0.2) is 50.0 Å². The molecule has 8 nitrogen and oxygen atoms in total. The number of sulfonamides is 1. The van der Waals surface area contributed by atoms with Crippen LogP contribution in [0.25, 0.3) is 0 Å². The summed E-state index contributed by atoms with van der Waals surface area (Å²) in [7, 11) is -3.83. The van der Waals surface area contributed by atoms with E-state index in [4.69, 9.17) is 4.74 Å². The normalized spacial score (nSPS) is 12.7. The summed E-state index contributed by atoms with van der Waals surface area (Å²) in [5.41, 5.74) is 2.19. The van der Waals surface area contributed by atoms with Gasteiger partial charge in [0.15, 0.2) is 0 Å². The molecular weight excluding hydrogens is 526 g/mol. The molecule has 0 spiro atoms. The third-order valence-electron chi connectivity index (χ3n) is 6.77. The first-order valence-electron chi connectivity index (χ1n) is 13.5. The van der Waals surface area contributed by atoms with E-state index in [-0.39, 0.29) is 18.5 Å². The van der Waals surface area contributed by atoms with Crippen LogP contribution in [0.3, 0.4) is 0 Å². The molecule has 2 amide bonds. The zero-order chi connectivity index (χ0) is 29.3. The maximum atomic E-state index is 13.9. The van der Waals surface area contributed by atoms with E-state index in [0.29, 0.717) is 23.6 Å². The number of carbonyl (C=O) groups is 2. The number of para-hydroxylation sites is 1. The van der Waals surface area contributed by atoms with Gasteiger partial charge in [-0.15, -0.1) is 0 Å². The summed E-state index contributed by atoms with van der Waals surface area (Å²) >= 11 is 0. The second-order valence-corrected chi connectivity index (χ2v) is 11.8. The molecule has 0 fully saturated rings. The van der Waals surface area contributed by atoms with Crippen molar-refractivity contribution < 1.29 is 22.7 Å². The van der Waals surface area contributed by atoms with E-state index in [1.54, 1.807) is 24.3 Å². The molecule has 2 atom stereocenters. The number of hydrogen-bond donors (Lipinski definition) is 1. The zero-order valence-corrected chi connectivity index (χ0v) is 24.6. The lowest BCUT2D eigenvalue weighted by molar-refractivity contribution is -0.140. The minimum absolute atomic E-state index is 0.0545. The monoisotopic (exact) mass is 565 g/mol. The Hall–Kier alpha value is -3.85. The minimum atomic E-state index is -3.83. The highest BCUT2D eigenvalue weighted by Crippen LogP contribution is 2.26. The molecule has 3 aromatic rings. The molecule has 3 rings (SSSR count). The first-order valence-corrected chi connectivity index (χ1v) is 15.3. The Morgan fingerprint density at radius 3 is 2.05 bits per heavy atom. The Kier molecular flexibility index (Phi) is 10.7. The van der Waals surface area contributed by atoms with Gasteiger partial charge in [0.25, 0.3) is 0 Å². The van der Waals surface area contributed by atoms with Crippen LogP contribution >= 0.6 is 0 Å². The van der Waals surface area contributed by atoms with Gasteiger partial charge in [0.1, 0.15) is 24.1 Å². The molecule has 40 heavy (non-hydrogen) atoms. The van der Waals surface area contributed by atoms with E-state index in [0.717, 1.165) is 28.1 Å². The summed E-state index contributed by atoms with van der Waals surface area (Å²) < 4.78 is 32.6.